The van der Waals surface area contributed by atoms with E-state index in [1.807, 2.05) is 24.3 Å². The molecular formula is C16H18Cl2N2O. The number of rotatable bonds is 7. The minimum absolute atomic E-state index is 0.137. The molecule has 0 atom stereocenters. The Morgan fingerprint density at radius 2 is 1.71 bits per heavy atom. The smallest absolute Gasteiger partial charge is 0.0595 e. The summed E-state index contributed by atoms with van der Waals surface area (Å²) in [6, 6.07) is 9.66. The Kier molecular flexibility index (Phi) is 6.46. The molecular weight excluding hydrogens is 307 g/mol. The molecule has 0 fully saturated rings. The van der Waals surface area contributed by atoms with Crippen LogP contribution >= 0.6 is 23.2 Å². The maximum Gasteiger partial charge on any atom is 0.0595 e. The molecule has 1 aromatic heterocycles. The van der Waals surface area contributed by atoms with E-state index in [1.165, 1.54) is 5.56 Å². The van der Waals surface area contributed by atoms with Crippen molar-refractivity contribution in [2.24, 2.45) is 0 Å². The first kappa shape index (κ1) is 16.2. The highest BCUT2D eigenvalue weighted by atomic mass is 35.5. The van der Waals surface area contributed by atoms with Gasteiger partial charge in [0.25, 0.3) is 0 Å². The van der Waals surface area contributed by atoms with Crippen molar-refractivity contribution in [1.29, 1.82) is 0 Å². The summed E-state index contributed by atoms with van der Waals surface area (Å²) in [5, 5.41) is 10.3. The second-order valence-corrected chi connectivity index (χ2v) is 5.67. The second kappa shape index (κ2) is 8.35. The number of aromatic nitrogens is 1. The topological polar surface area (TPSA) is 36.4 Å². The Morgan fingerprint density at radius 3 is 2.38 bits per heavy atom. The fraction of sp³-hybridized carbons (Fsp3) is 0.312. The number of aliphatic hydroxyl groups excluding tert-OH is 1. The van der Waals surface area contributed by atoms with E-state index < -0.39 is 0 Å². The SMILES string of the molecule is OCCN(CCc1ccncc1)Cc1ccc(Cl)c(Cl)c1. The van der Waals surface area contributed by atoms with Crippen LogP contribution in [0.2, 0.25) is 10.0 Å². The van der Waals surface area contributed by atoms with Crippen molar-refractivity contribution in [2.45, 2.75) is 13.0 Å². The van der Waals surface area contributed by atoms with Crippen molar-refractivity contribution >= 4 is 23.2 Å². The normalized spacial score (nSPS) is 11.0. The van der Waals surface area contributed by atoms with Gasteiger partial charge in [-0.2, -0.15) is 0 Å². The van der Waals surface area contributed by atoms with Gasteiger partial charge in [0.15, 0.2) is 0 Å². The summed E-state index contributed by atoms with van der Waals surface area (Å²) in [7, 11) is 0. The molecule has 0 aliphatic heterocycles. The Hall–Kier alpha value is -1.13. The van der Waals surface area contributed by atoms with Crippen molar-refractivity contribution < 1.29 is 5.11 Å². The molecule has 0 amide bonds. The zero-order valence-electron chi connectivity index (χ0n) is 11.7. The fourth-order valence-corrected chi connectivity index (χ4v) is 2.46. The van der Waals surface area contributed by atoms with Crippen molar-refractivity contribution in [2.75, 3.05) is 19.7 Å². The Balaban J connectivity index is 1.96. The molecule has 1 N–H and O–H groups in total. The number of hydrogen-bond donors (Lipinski definition) is 1. The molecule has 0 spiro atoms. The molecule has 5 heteroatoms. The Bertz CT molecular complexity index is 563. The molecule has 0 saturated carbocycles. The molecule has 2 aromatic rings. The van der Waals surface area contributed by atoms with E-state index in [2.05, 4.69) is 9.88 Å². The molecule has 1 aromatic carbocycles. The maximum absolute atomic E-state index is 9.21. The monoisotopic (exact) mass is 324 g/mol. The van der Waals surface area contributed by atoms with Gasteiger partial charge in [0.05, 0.1) is 16.7 Å². The van der Waals surface area contributed by atoms with Gasteiger partial charge in [0, 0.05) is 32.0 Å². The van der Waals surface area contributed by atoms with E-state index in [0.29, 0.717) is 16.6 Å². The van der Waals surface area contributed by atoms with Crippen LogP contribution in [-0.4, -0.2) is 34.7 Å². The fourth-order valence-electron chi connectivity index (χ4n) is 2.14. The number of benzene rings is 1. The summed E-state index contributed by atoms with van der Waals surface area (Å²) in [6.45, 7) is 2.37. The van der Waals surface area contributed by atoms with Crippen molar-refractivity contribution in [3.63, 3.8) is 0 Å². The van der Waals surface area contributed by atoms with Crippen LogP contribution in [0.3, 0.4) is 0 Å². The van der Waals surface area contributed by atoms with E-state index in [-0.39, 0.29) is 6.61 Å². The predicted octanol–water partition coefficient (Wildman–Crippen LogP) is 3.43. The minimum atomic E-state index is 0.137. The van der Waals surface area contributed by atoms with Gasteiger partial charge in [-0.3, -0.25) is 9.88 Å². The van der Waals surface area contributed by atoms with Gasteiger partial charge in [-0.1, -0.05) is 29.3 Å². The first-order valence-electron chi connectivity index (χ1n) is 6.85. The van der Waals surface area contributed by atoms with Crippen LogP contribution < -0.4 is 0 Å². The number of aliphatic hydroxyl groups is 1. The van der Waals surface area contributed by atoms with E-state index in [1.54, 1.807) is 18.5 Å². The molecule has 0 bridgehead atoms. The lowest BCUT2D eigenvalue weighted by Crippen LogP contribution is -2.28. The number of nitrogens with zero attached hydrogens (tertiary/aromatic N) is 2. The lowest BCUT2D eigenvalue weighted by molar-refractivity contribution is 0.191. The van der Waals surface area contributed by atoms with Crippen LogP contribution in [0.5, 0.6) is 0 Å². The summed E-state index contributed by atoms with van der Waals surface area (Å²) in [4.78, 5) is 6.21. The van der Waals surface area contributed by atoms with Gasteiger partial charge in [-0.05, 0) is 41.8 Å². The Morgan fingerprint density at radius 1 is 0.952 bits per heavy atom. The lowest BCUT2D eigenvalue weighted by Gasteiger charge is -2.21. The van der Waals surface area contributed by atoms with E-state index in [0.717, 1.165) is 25.1 Å². The molecule has 0 aliphatic carbocycles. The average Bonchev–Trinajstić information content (AvgIpc) is 2.50. The first-order chi connectivity index (χ1) is 10.2. The van der Waals surface area contributed by atoms with E-state index >= 15 is 0 Å². The van der Waals surface area contributed by atoms with Gasteiger partial charge < -0.3 is 5.11 Å². The zero-order chi connectivity index (χ0) is 15.1. The lowest BCUT2D eigenvalue weighted by atomic mass is 10.1. The number of hydrogen-bond acceptors (Lipinski definition) is 3. The van der Waals surface area contributed by atoms with Gasteiger partial charge in [0.1, 0.15) is 0 Å². The standard InChI is InChI=1S/C16H18Cl2N2O/c17-15-2-1-14(11-16(15)18)12-20(9-10-21)8-5-13-3-6-19-7-4-13/h1-4,6-7,11,21H,5,8-10,12H2. The number of pyridine rings is 1. The largest absolute Gasteiger partial charge is 0.395 e. The summed E-state index contributed by atoms with van der Waals surface area (Å²) in [6.07, 6.45) is 4.51. The molecule has 2 rings (SSSR count). The van der Waals surface area contributed by atoms with Gasteiger partial charge in [-0.15, -0.1) is 0 Å². The maximum atomic E-state index is 9.21. The second-order valence-electron chi connectivity index (χ2n) is 4.85. The minimum Gasteiger partial charge on any atom is -0.395 e. The molecule has 112 valence electrons. The van der Waals surface area contributed by atoms with Crippen LogP contribution in [0.25, 0.3) is 0 Å². The van der Waals surface area contributed by atoms with Crippen molar-refractivity contribution in [3.8, 4) is 0 Å². The third-order valence-corrected chi connectivity index (χ3v) is 4.01. The summed E-state index contributed by atoms with van der Waals surface area (Å²) in [5.74, 6) is 0. The molecule has 0 aliphatic rings. The van der Waals surface area contributed by atoms with Gasteiger partial charge in [0.2, 0.25) is 0 Å². The Labute approximate surface area is 135 Å². The van der Waals surface area contributed by atoms with Crippen LogP contribution in [0, 0.1) is 0 Å². The molecule has 3 nitrogen and oxygen atoms in total. The molecule has 21 heavy (non-hydrogen) atoms. The first-order valence-corrected chi connectivity index (χ1v) is 7.60. The van der Waals surface area contributed by atoms with Crippen molar-refractivity contribution in [1.82, 2.24) is 9.88 Å². The zero-order valence-corrected chi connectivity index (χ0v) is 13.2. The highest BCUT2D eigenvalue weighted by Crippen LogP contribution is 2.23. The summed E-state index contributed by atoms with van der Waals surface area (Å²) < 4.78 is 0. The summed E-state index contributed by atoms with van der Waals surface area (Å²) >= 11 is 12.0. The molecule has 0 saturated heterocycles. The quantitative estimate of drug-likeness (QED) is 0.847. The highest BCUT2D eigenvalue weighted by molar-refractivity contribution is 6.42. The molecule has 0 unspecified atom stereocenters. The van der Waals surface area contributed by atoms with E-state index in [4.69, 9.17) is 23.2 Å². The third kappa shape index (κ3) is 5.29. The van der Waals surface area contributed by atoms with Gasteiger partial charge in [-0.25, -0.2) is 0 Å². The van der Waals surface area contributed by atoms with Gasteiger partial charge >= 0.3 is 0 Å². The van der Waals surface area contributed by atoms with Crippen LogP contribution in [0.4, 0.5) is 0 Å². The third-order valence-electron chi connectivity index (χ3n) is 3.27. The van der Waals surface area contributed by atoms with Crippen LogP contribution in [-0.2, 0) is 13.0 Å². The summed E-state index contributed by atoms with van der Waals surface area (Å²) in [5.41, 5.74) is 2.33. The molecule has 0 radical (unpaired) electrons. The highest BCUT2D eigenvalue weighted by Gasteiger charge is 2.07. The predicted molar refractivity (Wildman–Crippen MR) is 86.8 cm³/mol. The van der Waals surface area contributed by atoms with Crippen molar-refractivity contribution in [3.05, 3.63) is 63.9 Å². The number of halogens is 2. The average molecular weight is 325 g/mol. The van der Waals surface area contributed by atoms with Crippen LogP contribution in [0.1, 0.15) is 11.1 Å². The van der Waals surface area contributed by atoms with Crippen LogP contribution in [0.15, 0.2) is 42.7 Å². The molecule has 1 heterocycles. The van der Waals surface area contributed by atoms with E-state index in [9.17, 15) is 5.11 Å².